The van der Waals surface area contributed by atoms with E-state index in [-0.39, 0.29) is 5.56 Å². The van der Waals surface area contributed by atoms with Gasteiger partial charge in [0.2, 0.25) is 0 Å². The van der Waals surface area contributed by atoms with Crippen molar-refractivity contribution in [2.45, 2.75) is 13.5 Å². The summed E-state index contributed by atoms with van der Waals surface area (Å²) < 4.78 is 1.82. The third-order valence-electron chi connectivity index (χ3n) is 1.75. The first kappa shape index (κ1) is 7.02. The SMILES string of the molecule is CCn1cnc2c(=O)[nH]cnc21. The smallest absolute Gasteiger partial charge is 0.278 e. The summed E-state index contributed by atoms with van der Waals surface area (Å²) in [5.41, 5.74) is 0.854. The van der Waals surface area contributed by atoms with Gasteiger partial charge in [0.05, 0.1) is 12.7 Å². The first-order chi connectivity index (χ1) is 5.83. The minimum absolute atomic E-state index is 0.188. The van der Waals surface area contributed by atoms with Crippen LogP contribution in [-0.2, 0) is 6.54 Å². The monoisotopic (exact) mass is 164 g/mol. The first-order valence-corrected chi connectivity index (χ1v) is 3.71. The molecule has 2 aromatic heterocycles. The minimum atomic E-state index is -0.188. The van der Waals surface area contributed by atoms with Gasteiger partial charge < -0.3 is 9.55 Å². The van der Waals surface area contributed by atoms with Crippen LogP contribution in [0.1, 0.15) is 6.92 Å². The number of aryl methyl sites for hydroxylation is 1. The van der Waals surface area contributed by atoms with E-state index in [1.807, 2.05) is 11.5 Å². The highest BCUT2D eigenvalue weighted by atomic mass is 16.1. The Morgan fingerprint density at radius 3 is 3.17 bits per heavy atom. The second kappa shape index (κ2) is 2.44. The molecule has 5 nitrogen and oxygen atoms in total. The van der Waals surface area contributed by atoms with Crippen molar-refractivity contribution in [1.29, 1.82) is 0 Å². The molecular weight excluding hydrogens is 156 g/mol. The van der Waals surface area contributed by atoms with Crippen molar-refractivity contribution in [3.8, 4) is 0 Å². The highest BCUT2D eigenvalue weighted by Gasteiger charge is 2.04. The van der Waals surface area contributed by atoms with Crippen LogP contribution in [0.2, 0.25) is 0 Å². The second-order valence-electron chi connectivity index (χ2n) is 2.43. The van der Waals surface area contributed by atoms with Crippen LogP contribution >= 0.6 is 0 Å². The maximum absolute atomic E-state index is 11.1. The van der Waals surface area contributed by atoms with Gasteiger partial charge >= 0.3 is 0 Å². The maximum Gasteiger partial charge on any atom is 0.278 e. The zero-order chi connectivity index (χ0) is 8.55. The van der Waals surface area contributed by atoms with E-state index < -0.39 is 0 Å². The highest BCUT2D eigenvalue weighted by molar-refractivity contribution is 5.68. The summed E-state index contributed by atoms with van der Waals surface area (Å²) >= 11 is 0. The molecule has 0 aliphatic heterocycles. The molecule has 0 amide bonds. The number of nitrogens with one attached hydrogen (secondary N) is 1. The highest BCUT2D eigenvalue weighted by Crippen LogP contribution is 2.02. The summed E-state index contributed by atoms with van der Waals surface area (Å²) in [6.07, 6.45) is 3.01. The molecular formula is C7H8N4O. The largest absolute Gasteiger partial charge is 0.315 e. The Kier molecular flexibility index (Phi) is 1.43. The quantitative estimate of drug-likeness (QED) is 0.652. The van der Waals surface area contributed by atoms with Crippen molar-refractivity contribution in [3.63, 3.8) is 0 Å². The number of hydrogen-bond donors (Lipinski definition) is 1. The van der Waals surface area contributed by atoms with Crippen LogP contribution in [0.4, 0.5) is 0 Å². The van der Waals surface area contributed by atoms with Crippen LogP contribution in [0, 0.1) is 0 Å². The Balaban J connectivity index is 2.89. The number of imidazole rings is 1. The van der Waals surface area contributed by atoms with Crippen molar-refractivity contribution in [1.82, 2.24) is 19.5 Å². The lowest BCUT2D eigenvalue weighted by Gasteiger charge is -1.94. The molecule has 0 radical (unpaired) electrons. The Labute approximate surface area is 68.1 Å². The van der Waals surface area contributed by atoms with Crippen molar-refractivity contribution in [3.05, 3.63) is 23.0 Å². The summed E-state index contributed by atoms with van der Waals surface area (Å²) in [6, 6.07) is 0. The third kappa shape index (κ3) is 0.827. The molecule has 62 valence electrons. The molecule has 0 atom stereocenters. The van der Waals surface area contributed by atoms with Gasteiger partial charge in [-0.25, -0.2) is 9.97 Å². The van der Waals surface area contributed by atoms with Crippen LogP contribution in [0.25, 0.3) is 11.2 Å². The summed E-state index contributed by atoms with van der Waals surface area (Å²) in [7, 11) is 0. The average Bonchev–Trinajstić information content (AvgIpc) is 2.49. The van der Waals surface area contributed by atoms with Crippen molar-refractivity contribution >= 4 is 11.2 Å². The van der Waals surface area contributed by atoms with Gasteiger partial charge in [-0.05, 0) is 6.92 Å². The average molecular weight is 164 g/mol. The molecule has 0 bridgehead atoms. The normalized spacial score (nSPS) is 10.8. The molecule has 1 N–H and O–H groups in total. The lowest BCUT2D eigenvalue weighted by atomic mass is 10.5. The minimum Gasteiger partial charge on any atom is -0.315 e. The number of fused-ring (bicyclic) bond motifs is 1. The van der Waals surface area contributed by atoms with E-state index in [0.717, 1.165) is 6.54 Å². The summed E-state index contributed by atoms with van der Waals surface area (Å²) in [5.74, 6) is 0. The van der Waals surface area contributed by atoms with Gasteiger partial charge in [-0.3, -0.25) is 4.79 Å². The Morgan fingerprint density at radius 2 is 2.42 bits per heavy atom. The molecule has 0 fully saturated rings. The topological polar surface area (TPSA) is 63.6 Å². The Hall–Kier alpha value is -1.65. The van der Waals surface area contributed by atoms with Crippen LogP contribution in [0.15, 0.2) is 17.4 Å². The van der Waals surface area contributed by atoms with Gasteiger partial charge in [-0.2, -0.15) is 0 Å². The van der Waals surface area contributed by atoms with Gasteiger partial charge in [0.25, 0.3) is 5.56 Å². The summed E-state index contributed by atoms with van der Waals surface area (Å²) in [4.78, 5) is 21.6. The predicted molar refractivity (Wildman–Crippen MR) is 43.8 cm³/mol. The fraction of sp³-hybridized carbons (Fsp3) is 0.286. The van der Waals surface area contributed by atoms with E-state index in [2.05, 4.69) is 15.0 Å². The van der Waals surface area contributed by atoms with Gasteiger partial charge in [0.15, 0.2) is 11.2 Å². The maximum atomic E-state index is 11.1. The fourth-order valence-corrected chi connectivity index (χ4v) is 1.12. The number of H-pyrrole nitrogens is 1. The molecule has 2 rings (SSSR count). The van der Waals surface area contributed by atoms with Crippen LogP contribution in [0.5, 0.6) is 0 Å². The zero-order valence-corrected chi connectivity index (χ0v) is 6.61. The first-order valence-electron chi connectivity index (χ1n) is 3.71. The molecule has 0 aromatic carbocycles. The van der Waals surface area contributed by atoms with Gasteiger partial charge in [-0.1, -0.05) is 0 Å². The fourth-order valence-electron chi connectivity index (χ4n) is 1.12. The summed E-state index contributed by atoms with van der Waals surface area (Å²) in [5, 5.41) is 0. The van der Waals surface area contributed by atoms with E-state index in [1.54, 1.807) is 6.33 Å². The third-order valence-corrected chi connectivity index (χ3v) is 1.75. The molecule has 0 aliphatic carbocycles. The number of rotatable bonds is 1. The van der Waals surface area contributed by atoms with E-state index in [9.17, 15) is 4.79 Å². The van der Waals surface area contributed by atoms with E-state index in [0.29, 0.717) is 11.2 Å². The lowest BCUT2D eigenvalue weighted by Crippen LogP contribution is -2.07. The summed E-state index contributed by atoms with van der Waals surface area (Å²) in [6.45, 7) is 2.75. The lowest BCUT2D eigenvalue weighted by molar-refractivity contribution is 0.777. The number of hydrogen-bond acceptors (Lipinski definition) is 3. The Bertz CT molecular complexity index is 456. The molecule has 2 aromatic rings. The number of nitrogens with zero attached hydrogens (tertiary/aromatic N) is 3. The van der Waals surface area contributed by atoms with Gasteiger partial charge in [0, 0.05) is 6.54 Å². The molecule has 2 heterocycles. The van der Waals surface area contributed by atoms with Gasteiger partial charge in [-0.15, -0.1) is 0 Å². The van der Waals surface area contributed by atoms with Crippen molar-refractivity contribution in [2.75, 3.05) is 0 Å². The second-order valence-corrected chi connectivity index (χ2v) is 2.43. The molecule has 0 unspecified atom stereocenters. The molecule has 0 saturated heterocycles. The van der Waals surface area contributed by atoms with E-state index in [1.165, 1.54) is 6.33 Å². The molecule has 12 heavy (non-hydrogen) atoms. The van der Waals surface area contributed by atoms with Crippen molar-refractivity contribution in [2.24, 2.45) is 0 Å². The molecule has 0 aliphatic rings. The standard InChI is InChI=1S/C7H8N4O/c1-2-11-4-10-5-6(11)8-3-9-7(5)12/h3-4H,2H2,1H3,(H,8,9,12). The molecule has 0 spiro atoms. The van der Waals surface area contributed by atoms with Crippen LogP contribution in [-0.4, -0.2) is 19.5 Å². The van der Waals surface area contributed by atoms with E-state index >= 15 is 0 Å². The number of aromatic nitrogens is 4. The van der Waals surface area contributed by atoms with E-state index in [4.69, 9.17) is 0 Å². The van der Waals surface area contributed by atoms with Crippen molar-refractivity contribution < 1.29 is 0 Å². The number of aromatic amines is 1. The predicted octanol–water partition coefficient (Wildman–Crippen LogP) is 0.139. The zero-order valence-electron chi connectivity index (χ0n) is 6.61. The Morgan fingerprint density at radius 1 is 1.58 bits per heavy atom. The van der Waals surface area contributed by atoms with Gasteiger partial charge in [0.1, 0.15) is 0 Å². The molecule has 5 heteroatoms. The van der Waals surface area contributed by atoms with Crippen LogP contribution in [0.3, 0.4) is 0 Å². The molecule has 0 saturated carbocycles. The van der Waals surface area contributed by atoms with Crippen LogP contribution < -0.4 is 5.56 Å².